The summed E-state index contributed by atoms with van der Waals surface area (Å²) >= 11 is 0. The average molecular weight is 198 g/mol. The van der Waals surface area contributed by atoms with E-state index in [0.717, 1.165) is 17.4 Å². The van der Waals surface area contributed by atoms with Gasteiger partial charge in [-0.3, -0.25) is 4.79 Å². The van der Waals surface area contributed by atoms with Gasteiger partial charge in [-0.15, -0.1) is 0 Å². The van der Waals surface area contributed by atoms with Crippen LogP contribution in [0.25, 0.3) is 11.4 Å². The third-order valence-corrected chi connectivity index (χ3v) is 2.09. The molecule has 0 spiro atoms. The Labute approximate surface area is 87.8 Å². The van der Waals surface area contributed by atoms with Crippen molar-refractivity contribution in [2.75, 3.05) is 0 Å². The normalized spacial score (nSPS) is 9.93. The minimum absolute atomic E-state index is 0.658. The lowest BCUT2D eigenvalue weighted by atomic mass is 10.1. The van der Waals surface area contributed by atoms with Gasteiger partial charge < -0.3 is 0 Å². The summed E-state index contributed by atoms with van der Waals surface area (Å²) < 4.78 is 0. The summed E-state index contributed by atoms with van der Waals surface area (Å²) in [7, 11) is 0. The first kappa shape index (κ1) is 9.52. The maximum absolute atomic E-state index is 10.5. The smallest absolute Gasteiger partial charge is 0.159 e. The van der Waals surface area contributed by atoms with Crippen LogP contribution in [0.2, 0.25) is 0 Å². The van der Waals surface area contributed by atoms with Crippen LogP contribution in [-0.2, 0) is 0 Å². The molecular formula is C12H10N2O. The molecule has 3 heteroatoms. The number of aryl methyl sites for hydroxylation is 1. The lowest BCUT2D eigenvalue weighted by molar-refractivity contribution is 0.112. The van der Waals surface area contributed by atoms with Crippen LogP contribution in [0.1, 0.15) is 15.9 Å². The van der Waals surface area contributed by atoms with Gasteiger partial charge >= 0.3 is 0 Å². The minimum atomic E-state index is 0.658. The lowest BCUT2D eigenvalue weighted by Gasteiger charge is -1.99. The van der Waals surface area contributed by atoms with Crippen molar-refractivity contribution in [3.05, 3.63) is 47.8 Å². The predicted molar refractivity (Wildman–Crippen MR) is 57.6 cm³/mol. The van der Waals surface area contributed by atoms with E-state index in [4.69, 9.17) is 0 Å². The molecule has 0 saturated heterocycles. The SMILES string of the molecule is Cc1cnc(-c2ccc(C=O)cc2)nc1. The van der Waals surface area contributed by atoms with Crippen molar-refractivity contribution < 1.29 is 4.79 Å². The monoisotopic (exact) mass is 198 g/mol. The zero-order valence-electron chi connectivity index (χ0n) is 8.34. The van der Waals surface area contributed by atoms with E-state index in [1.165, 1.54) is 0 Å². The molecule has 2 rings (SSSR count). The standard InChI is InChI=1S/C12H10N2O/c1-9-6-13-12(14-7-9)11-4-2-10(8-15)3-5-11/h2-8H,1H3. The molecule has 1 aromatic carbocycles. The van der Waals surface area contributed by atoms with E-state index >= 15 is 0 Å². The molecule has 0 aliphatic carbocycles. The van der Waals surface area contributed by atoms with E-state index in [1.807, 2.05) is 19.1 Å². The molecule has 1 heterocycles. The molecule has 0 aliphatic heterocycles. The van der Waals surface area contributed by atoms with Gasteiger partial charge in [-0.1, -0.05) is 24.3 Å². The molecule has 15 heavy (non-hydrogen) atoms. The van der Waals surface area contributed by atoms with Gasteiger partial charge in [-0.25, -0.2) is 9.97 Å². The highest BCUT2D eigenvalue weighted by Gasteiger charge is 1.99. The van der Waals surface area contributed by atoms with E-state index in [0.29, 0.717) is 11.4 Å². The van der Waals surface area contributed by atoms with Crippen molar-refractivity contribution in [1.82, 2.24) is 9.97 Å². The lowest BCUT2D eigenvalue weighted by Crippen LogP contribution is -1.89. The number of hydrogen-bond donors (Lipinski definition) is 0. The van der Waals surface area contributed by atoms with Gasteiger partial charge in [0.15, 0.2) is 5.82 Å². The number of rotatable bonds is 2. The fraction of sp³-hybridized carbons (Fsp3) is 0.0833. The number of carbonyl (C=O) groups is 1. The van der Waals surface area contributed by atoms with E-state index in [1.54, 1.807) is 24.5 Å². The molecule has 3 nitrogen and oxygen atoms in total. The summed E-state index contributed by atoms with van der Waals surface area (Å²) in [5, 5.41) is 0. The molecule has 0 fully saturated rings. The fourth-order valence-corrected chi connectivity index (χ4v) is 1.25. The molecule has 0 bridgehead atoms. The van der Waals surface area contributed by atoms with Crippen LogP contribution in [0, 0.1) is 6.92 Å². The molecule has 0 unspecified atom stereocenters. The number of benzene rings is 1. The van der Waals surface area contributed by atoms with Crippen LogP contribution in [0.4, 0.5) is 0 Å². The molecular weight excluding hydrogens is 188 g/mol. The van der Waals surface area contributed by atoms with Crippen molar-refractivity contribution in [3.63, 3.8) is 0 Å². The van der Waals surface area contributed by atoms with Crippen molar-refractivity contribution in [2.24, 2.45) is 0 Å². The van der Waals surface area contributed by atoms with Crippen LogP contribution < -0.4 is 0 Å². The Kier molecular flexibility index (Phi) is 2.54. The molecule has 0 N–H and O–H groups in total. The third kappa shape index (κ3) is 2.07. The summed E-state index contributed by atoms with van der Waals surface area (Å²) in [5.74, 6) is 0.679. The maximum Gasteiger partial charge on any atom is 0.159 e. The second-order valence-electron chi connectivity index (χ2n) is 3.32. The number of carbonyl (C=O) groups excluding carboxylic acids is 1. The van der Waals surface area contributed by atoms with Crippen molar-refractivity contribution in [2.45, 2.75) is 6.92 Å². The molecule has 0 aliphatic rings. The van der Waals surface area contributed by atoms with Crippen LogP contribution in [0.5, 0.6) is 0 Å². The number of hydrogen-bond acceptors (Lipinski definition) is 3. The van der Waals surface area contributed by atoms with Crippen LogP contribution in [0.3, 0.4) is 0 Å². The van der Waals surface area contributed by atoms with Crippen LogP contribution in [-0.4, -0.2) is 16.3 Å². The highest BCUT2D eigenvalue weighted by atomic mass is 16.1. The summed E-state index contributed by atoms with van der Waals surface area (Å²) in [6, 6.07) is 7.19. The van der Waals surface area contributed by atoms with Gasteiger partial charge in [0.25, 0.3) is 0 Å². The number of aromatic nitrogens is 2. The zero-order chi connectivity index (χ0) is 10.7. The van der Waals surface area contributed by atoms with E-state index in [9.17, 15) is 4.79 Å². The Bertz CT molecular complexity index is 460. The quantitative estimate of drug-likeness (QED) is 0.695. The predicted octanol–water partition coefficient (Wildman–Crippen LogP) is 2.26. The zero-order valence-corrected chi connectivity index (χ0v) is 8.34. The first-order chi connectivity index (χ1) is 7.29. The Morgan fingerprint density at radius 1 is 1.07 bits per heavy atom. The molecule has 74 valence electrons. The van der Waals surface area contributed by atoms with E-state index < -0.39 is 0 Å². The average Bonchev–Trinajstić information content (AvgIpc) is 2.30. The summed E-state index contributed by atoms with van der Waals surface area (Å²) in [6.07, 6.45) is 4.37. The van der Waals surface area contributed by atoms with Gasteiger partial charge in [-0.05, 0) is 12.5 Å². The van der Waals surface area contributed by atoms with Crippen LogP contribution >= 0.6 is 0 Å². The van der Waals surface area contributed by atoms with Crippen LogP contribution in [0.15, 0.2) is 36.7 Å². The fourth-order valence-electron chi connectivity index (χ4n) is 1.25. The van der Waals surface area contributed by atoms with Crippen molar-refractivity contribution >= 4 is 6.29 Å². The minimum Gasteiger partial charge on any atom is -0.298 e. The largest absolute Gasteiger partial charge is 0.298 e. The van der Waals surface area contributed by atoms with E-state index in [2.05, 4.69) is 9.97 Å². The molecule has 0 atom stereocenters. The summed E-state index contributed by atoms with van der Waals surface area (Å²) in [5.41, 5.74) is 2.61. The van der Waals surface area contributed by atoms with Gasteiger partial charge in [-0.2, -0.15) is 0 Å². The number of nitrogens with zero attached hydrogens (tertiary/aromatic N) is 2. The molecule has 0 saturated carbocycles. The van der Waals surface area contributed by atoms with Gasteiger partial charge in [0.1, 0.15) is 6.29 Å². The first-order valence-electron chi connectivity index (χ1n) is 4.64. The second-order valence-corrected chi connectivity index (χ2v) is 3.32. The maximum atomic E-state index is 10.5. The van der Waals surface area contributed by atoms with Crippen molar-refractivity contribution in [1.29, 1.82) is 0 Å². The molecule has 2 aromatic rings. The van der Waals surface area contributed by atoms with Gasteiger partial charge in [0, 0.05) is 23.5 Å². The number of aldehydes is 1. The van der Waals surface area contributed by atoms with Crippen molar-refractivity contribution in [3.8, 4) is 11.4 Å². The van der Waals surface area contributed by atoms with Gasteiger partial charge in [0.05, 0.1) is 0 Å². The molecule has 0 radical (unpaired) electrons. The summed E-state index contributed by atoms with van der Waals surface area (Å²) in [6.45, 7) is 1.94. The first-order valence-corrected chi connectivity index (χ1v) is 4.64. The highest BCUT2D eigenvalue weighted by molar-refractivity contribution is 5.76. The second kappa shape index (κ2) is 4.00. The Hall–Kier alpha value is -2.03. The Morgan fingerprint density at radius 3 is 2.20 bits per heavy atom. The van der Waals surface area contributed by atoms with Gasteiger partial charge in [0.2, 0.25) is 0 Å². The Balaban J connectivity index is 2.37. The molecule has 1 aromatic heterocycles. The topological polar surface area (TPSA) is 42.9 Å². The third-order valence-electron chi connectivity index (χ3n) is 2.09. The van der Waals surface area contributed by atoms with E-state index in [-0.39, 0.29) is 0 Å². The Morgan fingerprint density at radius 2 is 1.67 bits per heavy atom. The highest BCUT2D eigenvalue weighted by Crippen LogP contribution is 2.14. The molecule has 0 amide bonds. The summed E-state index contributed by atoms with van der Waals surface area (Å²) in [4.78, 5) is 18.9.